The van der Waals surface area contributed by atoms with E-state index >= 15 is 0 Å². The third-order valence-corrected chi connectivity index (χ3v) is 3.57. The Balaban J connectivity index is 1.68. The lowest BCUT2D eigenvalue weighted by Gasteiger charge is -2.09. The lowest BCUT2D eigenvalue weighted by atomic mass is 10.1. The Morgan fingerprint density at radius 2 is 1.65 bits per heavy atom. The van der Waals surface area contributed by atoms with Gasteiger partial charge in [0.1, 0.15) is 0 Å². The fourth-order valence-electron chi connectivity index (χ4n) is 2.19. The van der Waals surface area contributed by atoms with Crippen molar-refractivity contribution < 1.29 is 9.59 Å². The quantitative estimate of drug-likeness (QED) is 0.833. The second kappa shape index (κ2) is 6.92. The van der Waals surface area contributed by atoms with Crippen molar-refractivity contribution in [2.45, 2.75) is 18.9 Å². The standard InChI is InChI=1S/C19H18N2O2/c22-18(13-10-14-6-2-1-3-7-14)21-17-9-5-4-8-16(17)19(23)20-15-11-12-15/h1-10,13,15H,11-12H2,(H,20,23)(H,21,22). The topological polar surface area (TPSA) is 58.2 Å². The van der Waals surface area contributed by atoms with E-state index in [9.17, 15) is 9.59 Å². The van der Waals surface area contributed by atoms with Gasteiger partial charge in [-0.25, -0.2) is 0 Å². The Labute approximate surface area is 135 Å². The van der Waals surface area contributed by atoms with E-state index in [1.807, 2.05) is 30.3 Å². The monoisotopic (exact) mass is 306 g/mol. The maximum Gasteiger partial charge on any atom is 0.253 e. The molecule has 0 bridgehead atoms. The minimum atomic E-state index is -0.263. The number of rotatable bonds is 5. The third-order valence-electron chi connectivity index (χ3n) is 3.57. The van der Waals surface area contributed by atoms with Gasteiger partial charge in [-0.15, -0.1) is 0 Å². The summed E-state index contributed by atoms with van der Waals surface area (Å²) in [6, 6.07) is 16.9. The molecular weight excluding hydrogens is 288 g/mol. The number of para-hydroxylation sites is 1. The Bertz CT molecular complexity index is 734. The molecule has 1 aliphatic rings. The number of anilines is 1. The molecule has 1 fully saturated rings. The molecule has 0 aliphatic heterocycles. The minimum Gasteiger partial charge on any atom is -0.349 e. The fraction of sp³-hybridized carbons (Fsp3) is 0.158. The van der Waals surface area contributed by atoms with Crippen LogP contribution >= 0.6 is 0 Å². The van der Waals surface area contributed by atoms with Crippen molar-refractivity contribution in [2.75, 3.05) is 5.32 Å². The van der Waals surface area contributed by atoms with Gasteiger partial charge in [-0.3, -0.25) is 9.59 Å². The van der Waals surface area contributed by atoms with Crippen molar-refractivity contribution in [1.82, 2.24) is 5.32 Å². The molecule has 0 saturated heterocycles. The predicted octanol–water partition coefficient (Wildman–Crippen LogP) is 3.23. The Morgan fingerprint density at radius 1 is 0.957 bits per heavy atom. The van der Waals surface area contributed by atoms with Crippen LogP contribution in [0.3, 0.4) is 0 Å². The molecule has 3 rings (SSSR count). The highest BCUT2D eigenvalue weighted by Crippen LogP contribution is 2.21. The Hall–Kier alpha value is -2.88. The highest BCUT2D eigenvalue weighted by Gasteiger charge is 2.24. The van der Waals surface area contributed by atoms with Gasteiger partial charge in [0, 0.05) is 12.1 Å². The summed E-state index contributed by atoms with van der Waals surface area (Å²) in [5.74, 6) is -0.407. The molecule has 4 nitrogen and oxygen atoms in total. The van der Waals surface area contributed by atoms with E-state index in [1.54, 1.807) is 30.3 Å². The fourth-order valence-corrected chi connectivity index (χ4v) is 2.19. The van der Waals surface area contributed by atoms with E-state index in [4.69, 9.17) is 0 Å². The molecule has 2 N–H and O–H groups in total. The second-order valence-electron chi connectivity index (χ2n) is 5.53. The molecule has 0 heterocycles. The summed E-state index contributed by atoms with van der Waals surface area (Å²) < 4.78 is 0. The van der Waals surface area contributed by atoms with Crippen LogP contribution in [-0.4, -0.2) is 17.9 Å². The zero-order valence-electron chi connectivity index (χ0n) is 12.7. The summed E-state index contributed by atoms with van der Waals surface area (Å²) in [4.78, 5) is 24.3. The molecule has 2 amide bonds. The van der Waals surface area contributed by atoms with E-state index in [0.29, 0.717) is 11.3 Å². The van der Waals surface area contributed by atoms with Crippen LogP contribution in [0.25, 0.3) is 6.08 Å². The first-order valence-electron chi connectivity index (χ1n) is 7.66. The number of carbonyl (C=O) groups is 2. The van der Waals surface area contributed by atoms with Gasteiger partial charge in [0.15, 0.2) is 0 Å². The average Bonchev–Trinajstić information content (AvgIpc) is 3.38. The van der Waals surface area contributed by atoms with Crippen molar-refractivity contribution in [2.24, 2.45) is 0 Å². The second-order valence-corrected chi connectivity index (χ2v) is 5.53. The molecule has 1 saturated carbocycles. The molecule has 116 valence electrons. The van der Waals surface area contributed by atoms with Gasteiger partial charge < -0.3 is 10.6 Å². The molecule has 1 aliphatic carbocycles. The van der Waals surface area contributed by atoms with Crippen LogP contribution in [0.15, 0.2) is 60.7 Å². The first-order valence-corrected chi connectivity index (χ1v) is 7.66. The van der Waals surface area contributed by atoms with E-state index in [0.717, 1.165) is 18.4 Å². The number of hydrogen-bond donors (Lipinski definition) is 2. The van der Waals surface area contributed by atoms with Gasteiger partial charge >= 0.3 is 0 Å². The van der Waals surface area contributed by atoms with Crippen LogP contribution in [0.1, 0.15) is 28.8 Å². The summed E-state index contributed by atoms with van der Waals surface area (Å²) in [5, 5.41) is 5.70. The average molecular weight is 306 g/mol. The largest absolute Gasteiger partial charge is 0.349 e. The van der Waals surface area contributed by atoms with E-state index in [1.165, 1.54) is 6.08 Å². The van der Waals surface area contributed by atoms with Crippen LogP contribution < -0.4 is 10.6 Å². The number of carbonyl (C=O) groups excluding carboxylic acids is 2. The summed E-state index contributed by atoms with van der Waals surface area (Å²) in [5.41, 5.74) is 1.96. The molecule has 2 aromatic rings. The summed E-state index contributed by atoms with van der Waals surface area (Å²) >= 11 is 0. The SMILES string of the molecule is O=C(C=Cc1ccccc1)Nc1ccccc1C(=O)NC1CC1. The van der Waals surface area contributed by atoms with Crippen LogP contribution in [0.4, 0.5) is 5.69 Å². The molecule has 0 radical (unpaired) electrons. The van der Waals surface area contributed by atoms with Crippen molar-refractivity contribution in [3.8, 4) is 0 Å². The van der Waals surface area contributed by atoms with Gasteiger partial charge in [-0.2, -0.15) is 0 Å². The van der Waals surface area contributed by atoms with E-state index in [-0.39, 0.29) is 17.9 Å². The smallest absolute Gasteiger partial charge is 0.253 e. The molecular formula is C19H18N2O2. The van der Waals surface area contributed by atoms with Crippen molar-refractivity contribution in [3.63, 3.8) is 0 Å². The van der Waals surface area contributed by atoms with Gasteiger partial charge in [0.05, 0.1) is 11.3 Å². The lowest BCUT2D eigenvalue weighted by Crippen LogP contribution is -2.26. The first-order chi connectivity index (χ1) is 11.2. The predicted molar refractivity (Wildman–Crippen MR) is 91.0 cm³/mol. The molecule has 0 spiro atoms. The zero-order valence-corrected chi connectivity index (χ0v) is 12.7. The Kier molecular flexibility index (Phi) is 4.52. The van der Waals surface area contributed by atoms with E-state index in [2.05, 4.69) is 10.6 Å². The van der Waals surface area contributed by atoms with Crippen LogP contribution in [0.2, 0.25) is 0 Å². The van der Waals surface area contributed by atoms with Crippen molar-refractivity contribution in [1.29, 1.82) is 0 Å². The molecule has 0 unspecified atom stereocenters. The van der Waals surface area contributed by atoms with Gasteiger partial charge in [0.25, 0.3) is 5.91 Å². The lowest BCUT2D eigenvalue weighted by molar-refractivity contribution is -0.111. The highest BCUT2D eigenvalue weighted by atomic mass is 16.2. The first kappa shape index (κ1) is 15.0. The van der Waals surface area contributed by atoms with Crippen LogP contribution in [0, 0.1) is 0 Å². The van der Waals surface area contributed by atoms with Crippen molar-refractivity contribution >= 4 is 23.6 Å². The minimum absolute atomic E-state index is 0.143. The van der Waals surface area contributed by atoms with Gasteiger partial charge in [0.2, 0.25) is 5.91 Å². The normalized spacial score (nSPS) is 13.7. The maximum absolute atomic E-state index is 12.2. The van der Waals surface area contributed by atoms with Gasteiger partial charge in [-0.05, 0) is 36.6 Å². The van der Waals surface area contributed by atoms with Crippen LogP contribution in [-0.2, 0) is 4.79 Å². The summed E-state index contributed by atoms with van der Waals surface area (Å²) in [7, 11) is 0. The maximum atomic E-state index is 12.2. The molecule has 2 aromatic carbocycles. The molecule has 0 atom stereocenters. The molecule has 4 heteroatoms. The van der Waals surface area contributed by atoms with Gasteiger partial charge in [-0.1, -0.05) is 42.5 Å². The van der Waals surface area contributed by atoms with Crippen LogP contribution in [0.5, 0.6) is 0 Å². The third kappa shape index (κ3) is 4.30. The number of benzene rings is 2. The van der Waals surface area contributed by atoms with E-state index < -0.39 is 0 Å². The number of nitrogens with one attached hydrogen (secondary N) is 2. The Morgan fingerprint density at radius 3 is 2.39 bits per heavy atom. The molecule has 23 heavy (non-hydrogen) atoms. The van der Waals surface area contributed by atoms with Crippen molar-refractivity contribution in [3.05, 3.63) is 71.8 Å². The number of amides is 2. The summed E-state index contributed by atoms with van der Waals surface area (Å²) in [6.45, 7) is 0. The zero-order chi connectivity index (χ0) is 16.1. The number of hydrogen-bond acceptors (Lipinski definition) is 2. The highest BCUT2D eigenvalue weighted by molar-refractivity contribution is 6.07. The molecule has 0 aromatic heterocycles. The summed E-state index contributed by atoms with van der Waals surface area (Å²) in [6.07, 6.45) is 5.26.